The molecule has 0 amide bonds. The number of carbonyl (C=O) groups excluding carboxylic acids is 1. The summed E-state index contributed by atoms with van der Waals surface area (Å²) in [5.74, 6) is 0.764. The number of esters is 1. The summed E-state index contributed by atoms with van der Waals surface area (Å²) in [5.41, 5.74) is 1.12. The van der Waals surface area contributed by atoms with Crippen LogP contribution in [0.15, 0.2) is 16.7 Å². The molecule has 0 aliphatic carbocycles. The van der Waals surface area contributed by atoms with Crippen molar-refractivity contribution in [2.24, 2.45) is 0 Å². The molecule has 0 spiro atoms. The first-order valence-electron chi connectivity index (χ1n) is 6.36. The number of hydrogen-bond acceptors (Lipinski definition) is 5. The van der Waals surface area contributed by atoms with Gasteiger partial charge in [0.2, 0.25) is 0 Å². The number of piperazine rings is 1. The lowest BCUT2D eigenvalue weighted by atomic mass is 10.1. The Hall–Kier alpha value is -1.33. The molecule has 0 bridgehead atoms. The van der Waals surface area contributed by atoms with Crippen LogP contribution in [0.4, 0.5) is 0 Å². The molecule has 1 N–H and O–H groups in total. The minimum atomic E-state index is -0.219. The monoisotopic (exact) mass is 252 g/mol. The third-order valence-corrected chi connectivity index (χ3v) is 3.23. The van der Waals surface area contributed by atoms with Gasteiger partial charge in [-0.3, -0.25) is 9.69 Å². The molecule has 100 valence electrons. The van der Waals surface area contributed by atoms with Crippen LogP contribution in [-0.2, 0) is 16.1 Å². The van der Waals surface area contributed by atoms with Gasteiger partial charge in [-0.05, 0) is 25.5 Å². The van der Waals surface area contributed by atoms with Gasteiger partial charge in [0.05, 0.1) is 19.4 Å². The van der Waals surface area contributed by atoms with E-state index in [1.54, 1.807) is 6.26 Å². The highest BCUT2D eigenvalue weighted by Gasteiger charge is 2.30. The molecule has 1 saturated heterocycles. The van der Waals surface area contributed by atoms with Crippen LogP contribution in [0, 0.1) is 6.92 Å². The SMILES string of the molecule is CCOC(=O)C1CNCCN1Cc1occc1C. The van der Waals surface area contributed by atoms with Crippen LogP contribution in [-0.4, -0.2) is 43.2 Å². The Morgan fingerprint density at radius 2 is 2.50 bits per heavy atom. The lowest BCUT2D eigenvalue weighted by Gasteiger charge is -2.33. The highest BCUT2D eigenvalue weighted by atomic mass is 16.5. The van der Waals surface area contributed by atoms with Crippen molar-refractivity contribution >= 4 is 5.97 Å². The van der Waals surface area contributed by atoms with E-state index in [9.17, 15) is 4.79 Å². The van der Waals surface area contributed by atoms with Crippen molar-refractivity contribution in [3.8, 4) is 0 Å². The zero-order valence-corrected chi connectivity index (χ0v) is 10.9. The van der Waals surface area contributed by atoms with Crippen molar-refractivity contribution in [1.29, 1.82) is 0 Å². The van der Waals surface area contributed by atoms with Gasteiger partial charge in [-0.25, -0.2) is 0 Å². The normalized spacial score (nSPS) is 20.9. The molecule has 0 radical (unpaired) electrons. The van der Waals surface area contributed by atoms with Gasteiger partial charge in [-0.1, -0.05) is 0 Å². The molecule has 5 heteroatoms. The van der Waals surface area contributed by atoms with Crippen molar-refractivity contribution in [2.45, 2.75) is 26.4 Å². The summed E-state index contributed by atoms with van der Waals surface area (Å²) in [5, 5.41) is 3.23. The van der Waals surface area contributed by atoms with E-state index >= 15 is 0 Å². The van der Waals surface area contributed by atoms with Gasteiger partial charge < -0.3 is 14.5 Å². The van der Waals surface area contributed by atoms with Crippen molar-refractivity contribution in [1.82, 2.24) is 10.2 Å². The number of furan rings is 1. The molecule has 1 fully saturated rings. The van der Waals surface area contributed by atoms with E-state index in [1.165, 1.54) is 0 Å². The number of rotatable bonds is 4. The van der Waals surface area contributed by atoms with Gasteiger partial charge in [-0.15, -0.1) is 0 Å². The lowest BCUT2D eigenvalue weighted by Crippen LogP contribution is -2.54. The molecule has 1 aliphatic rings. The largest absolute Gasteiger partial charge is 0.468 e. The number of nitrogens with zero attached hydrogens (tertiary/aromatic N) is 1. The first-order valence-corrected chi connectivity index (χ1v) is 6.36. The number of carbonyl (C=O) groups is 1. The highest BCUT2D eigenvalue weighted by Crippen LogP contribution is 2.15. The Labute approximate surface area is 107 Å². The zero-order valence-electron chi connectivity index (χ0n) is 10.9. The Bertz CT molecular complexity index is 403. The predicted molar refractivity (Wildman–Crippen MR) is 67.1 cm³/mol. The Morgan fingerprint density at radius 3 is 3.17 bits per heavy atom. The van der Waals surface area contributed by atoms with E-state index in [0.717, 1.165) is 24.4 Å². The second-order valence-electron chi connectivity index (χ2n) is 4.47. The molecule has 0 aromatic carbocycles. The quantitative estimate of drug-likeness (QED) is 0.808. The molecule has 1 aliphatic heterocycles. The van der Waals surface area contributed by atoms with Gasteiger partial charge >= 0.3 is 5.97 Å². The van der Waals surface area contributed by atoms with E-state index in [0.29, 0.717) is 19.7 Å². The third-order valence-electron chi connectivity index (χ3n) is 3.23. The average molecular weight is 252 g/mol. The van der Waals surface area contributed by atoms with E-state index < -0.39 is 0 Å². The molecular formula is C13H20N2O3. The molecule has 18 heavy (non-hydrogen) atoms. The van der Waals surface area contributed by atoms with Crippen LogP contribution in [0.5, 0.6) is 0 Å². The van der Waals surface area contributed by atoms with Gasteiger partial charge in [0.25, 0.3) is 0 Å². The number of hydrogen-bond donors (Lipinski definition) is 1. The second kappa shape index (κ2) is 6.02. The minimum Gasteiger partial charge on any atom is -0.468 e. The second-order valence-corrected chi connectivity index (χ2v) is 4.47. The summed E-state index contributed by atoms with van der Waals surface area (Å²) in [6.45, 7) is 7.26. The van der Waals surface area contributed by atoms with Gasteiger partial charge in [0.1, 0.15) is 11.8 Å². The van der Waals surface area contributed by atoms with Gasteiger partial charge in [0, 0.05) is 19.6 Å². The molecular weight excluding hydrogens is 232 g/mol. The van der Waals surface area contributed by atoms with Crippen LogP contribution in [0.25, 0.3) is 0 Å². The number of ether oxygens (including phenoxy) is 1. The van der Waals surface area contributed by atoms with Crippen LogP contribution in [0.2, 0.25) is 0 Å². The Kier molecular flexibility index (Phi) is 4.38. The van der Waals surface area contributed by atoms with E-state index in [1.807, 2.05) is 19.9 Å². The first-order chi connectivity index (χ1) is 8.72. The molecule has 0 saturated carbocycles. The van der Waals surface area contributed by atoms with Crippen LogP contribution >= 0.6 is 0 Å². The summed E-state index contributed by atoms with van der Waals surface area (Å²) in [6, 6.07) is 1.72. The lowest BCUT2D eigenvalue weighted by molar-refractivity contribution is -0.150. The van der Waals surface area contributed by atoms with Crippen molar-refractivity contribution in [3.63, 3.8) is 0 Å². The topological polar surface area (TPSA) is 54.7 Å². The standard InChI is InChI=1S/C13H20N2O3/c1-3-17-13(16)11-8-14-5-6-15(11)9-12-10(2)4-7-18-12/h4,7,11,14H,3,5-6,8-9H2,1-2H3. The Morgan fingerprint density at radius 1 is 1.67 bits per heavy atom. The molecule has 1 aromatic rings. The fourth-order valence-corrected chi connectivity index (χ4v) is 2.16. The fraction of sp³-hybridized carbons (Fsp3) is 0.615. The van der Waals surface area contributed by atoms with Gasteiger partial charge in [-0.2, -0.15) is 0 Å². The van der Waals surface area contributed by atoms with E-state index in [2.05, 4.69) is 10.2 Å². The van der Waals surface area contributed by atoms with Crippen LogP contribution < -0.4 is 5.32 Å². The Balaban J connectivity index is 2.04. The predicted octanol–water partition coefficient (Wildman–Crippen LogP) is 0.925. The fourth-order valence-electron chi connectivity index (χ4n) is 2.16. The average Bonchev–Trinajstić information content (AvgIpc) is 2.76. The maximum absolute atomic E-state index is 11.9. The van der Waals surface area contributed by atoms with Crippen molar-refractivity contribution < 1.29 is 13.9 Å². The van der Waals surface area contributed by atoms with Crippen LogP contribution in [0.3, 0.4) is 0 Å². The highest BCUT2D eigenvalue weighted by molar-refractivity contribution is 5.76. The third kappa shape index (κ3) is 2.91. The smallest absolute Gasteiger partial charge is 0.324 e. The summed E-state index contributed by atoms with van der Waals surface area (Å²) in [7, 11) is 0. The summed E-state index contributed by atoms with van der Waals surface area (Å²) in [4.78, 5) is 14.0. The minimum absolute atomic E-state index is 0.158. The number of aryl methyl sites for hydroxylation is 1. The van der Waals surface area contributed by atoms with Crippen LogP contribution in [0.1, 0.15) is 18.2 Å². The molecule has 2 rings (SSSR count). The summed E-state index contributed by atoms with van der Waals surface area (Å²) in [6.07, 6.45) is 1.69. The first kappa shape index (κ1) is 13.1. The summed E-state index contributed by atoms with van der Waals surface area (Å²) < 4.78 is 10.6. The van der Waals surface area contributed by atoms with Crippen molar-refractivity contribution in [2.75, 3.05) is 26.2 Å². The molecule has 1 aromatic heterocycles. The molecule has 5 nitrogen and oxygen atoms in total. The summed E-state index contributed by atoms with van der Waals surface area (Å²) >= 11 is 0. The van der Waals surface area contributed by atoms with Crippen molar-refractivity contribution in [3.05, 3.63) is 23.7 Å². The molecule has 1 unspecified atom stereocenters. The maximum atomic E-state index is 11.9. The van der Waals surface area contributed by atoms with E-state index in [-0.39, 0.29) is 12.0 Å². The molecule has 2 heterocycles. The maximum Gasteiger partial charge on any atom is 0.324 e. The van der Waals surface area contributed by atoms with E-state index in [4.69, 9.17) is 9.15 Å². The zero-order chi connectivity index (χ0) is 13.0. The van der Waals surface area contributed by atoms with Gasteiger partial charge in [0.15, 0.2) is 0 Å². The number of nitrogens with one attached hydrogen (secondary N) is 1. The molecule has 1 atom stereocenters.